The first-order valence-electron chi connectivity index (χ1n) is 11.6. The first-order valence-corrected chi connectivity index (χ1v) is 11.6. The standard InChI is InChI=1S/C30H34O2/c1-6-8-23-10-13-25(14-11-23)27-15-16-29(24(7-2)19-27)28-12-9-22(5)26(20-28)17-18-32-30(31)21(3)4/h9-16,19-20H,3,6-8,17-18H2,1-2,4-5H3. The maximum absolute atomic E-state index is 11.7. The minimum atomic E-state index is -0.328. The molecule has 3 rings (SSSR count). The fourth-order valence-electron chi connectivity index (χ4n) is 3.99. The molecule has 0 N–H and O–H groups in total. The van der Waals surface area contributed by atoms with E-state index in [1.165, 1.54) is 50.9 Å². The maximum Gasteiger partial charge on any atom is 0.333 e. The lowest BCUT2D eigenvalue weighted by molar-refractivity contribution is -0.138. The van der Waals surface area contributed by atoms with Crippen LogP contribution in [-0.4, -0.2) is 12.6 Å². The third-order valence-electron chi connectivity index (χ3n) is 5.93. The summed E-state index contributed by atoms with van der Waals surface area (Å²) in [5.41, 5.74) is 10.6. The van der Waals surface area contributed by atoms with Crippen molar-refractivity contribution in [3.63, 3.8) is 0 Å². The van der Waals surface area contributed by atoms with Gasteiger partial charge in [0.05, 0.1) is 6.61 Å². The Hall–Kier alpha value is -3.13. The highest BCUT2D eigenvalue weighted by Gasteiger charge is 2.10. The topological polar surface area (TPSA) is 26.3 Å². The summed E-state index contributed by atoms with van der Waals surface area (Å²) >= 11 is 0. The monoisotopic (exact) mass is 426 g/mol. The smallest absolute Gasteiger partial charge is 0.333 e. The minimum absolute atomic E-state index is 0.328. The lowest BCUT2D eigenvalue weighted by Crippen LogP contribution is -2.08. The summed E-state index contributed by atoms with van der Waals surface area (Å²) in [6, 6.07) is 22.3. The molecular formula is C30H34O2. The lowest BCUT2D eigenvalue weighted by Gasteiger charge is -2.14. The summed E-state index contributed by atoms with van der Waals surface area (Å²) < 4.78 is 5.30. The number of hydrogen-bond acceptors (Lipinski definition) is 2. The second-order valence-electron chi connectivity index (χ2n) is 8.48. The van der Waals surface area contributed by atoms with Crippen LogP contribution >= 0.6 is 0 Å². The van der Waals surface area contributed by atoms with Gasteiger partial charge in [0.25, 0.3) is 0 Å². The van der Waals surface area contributed by atoms with Crippen LogP contribution in [0, 0.1) is 6.92 Å². The Morgan fingerprint density at radius 1 is 0.844 bits per heavy atom. The van der Waals surface area contributed by atoms with E-state index in [1.807, 2.05) is 0 Å². The number of rotatable bonds is 9. The molecule has 0 saturated heterocycles. The summed E-state index contributed by atoms with van der Waals surface area (Å²) in [5, 5.41) is 0. The molecule has 2 heteroatoms. The van der Waals surface area contributed by atoms with Gasteiger partial charge in [-0.3, -0.25) is 0 Å². The van der Waals surface area contributed by atoms with E-state index in [1.54, 1.807) is 6.92 Å². The summed E-state index contributed by atoms with van der Waals surface area (Å²) in [4.78, 5) is 11.7. The van der Waals surface area contributed by atoms with E-state index < -0.39 is 0 Å². The van der Waals surface area contributed by atoms with E-state index in [4.69, 9.17) is 4.74 Å². The van der Waals surface area contributed by atoms with Gasteiger partial charge in [-0.05, 0) is 71.2 Å². The first-order chi connectivity index (χ1) is 15.4. The van der Waals surface area contributed by atoms with Crippen LogP contribution in [0.4, 0.5) is 0 Å². The fraction of sp³-hybridized carbons (Fsp3) is 0.300. The highest BCUT2D eigenvalue weighted by molar-refractivity contribution is 5.86. The molecule has 3 aromatic carbocycles. The molecule has 0 aromatic heterocycles. The van der Waals surface area contributed by atoms with Crippen LogP contribution in [-0.2, 0) is 28.8 Å². The molecule has 0 aliphatic rings. The van der Waals surface area contributed by atoms with Gasteiger partial charge in [0.1, 0.15) is 0 Å². The number of benzene rings is 3. The Morgan fingerprint density at radius 2 is 1.50 bits per heavy atom. The van der Waals surface area contributed by atoms with Crippen molar-refractivity contribution in [2.75, 3.05) is 6.61 Å². The van der Waals surface area contributed by atoms with Crippen molar-refractivity contribution in [2.24, 2.45) is 0 Å². The van der Waals surface area contributed by atoms with Crippen molar-refractivity contribution >= 4 is 5.97 Å². The Labute approximate surface area is 193 Å². The van der Waals surface area contributed by atoms with Gasteiger partial charge in [-0.1, -0.05) is 87.5 Å². The summed E-state index contributed by atoms with van der Waals surface area (Å²) in [5.74, 6) is -0.328. The molecule has 32 heavy (non-hydrogen) atoms. The summed E-state index contributed by atoms with van der Waals surface area (Å²) in [6.45, 7) is 12.2. The van der Waals surface area contributed by atoms with Gasteiger partial charge >= 0.3 is 5.97 Å². The number of ether oxygens (including phenoxy) is 1. The van der Waals surface area contributed by atoms with E-state index in [0.717, 1.165) is 12.8 Å². The molecule has 0 saturated carbocycles. The van der Waals surface area contributed by atoms with Gasteiger partial charge < -0.3 is 4.74 Å². The molecule has 0 atom stereocenters. The molecular weight excluding hydrogens is 392 g/mol. The molecule has 166 valence electrons. The van der Waals surface area contributed by atoms with Gasteiger partial charge in [-0.2, -0.15) is 0 Å². The van der Waals surface area contributed by atoms with Crippen molar-refractivity contribution in [2.45, 2.75) is 53.4 Å². The predicted molar refractivity (Wildman–Crippen MR) is 135 cm³/mol. The van der Waals surface area contributed by atoms with Gasteiger partial charge in [-0.25, -0.2) is 4.79 Å². The van der Waals surface area contributed by atoms with E-state index in [-0.39, 0.29) is 5.97 Å². The second kappa shape index (κ2) is 10.9. The second-order valence-corrected chi connectivity index (χ2v) is 8.48. The number of aryl methyl sites for hydroxylation is 3. The maximum atomic E-state index is 11.7. The van der Waals surface area contributed by atoms with Crippen molar-refractivity contribution in [1.82, 2.24) is 0 Å². The van der Waals surface area contributed by atoms with Crippen LogP contribution in [0.25, 0.3) is 22.3 Å². The molecule has 0 heterocycles. The molecule has 0 unspecified atom stereocenters. The lowest BCUT2D eigenvalue weighted by atomic mass is 9.91. The van der Waals surface area contributed by atoms with E-state index in [2.05, 4.69) is 88.0 Å². The zero-order valence-corrected chi connectivity index (χ0v) is 19.8. The molecule has 0 spiro atoms. The highest BCUT2D eigenvalue weighted by Crippen LogP contribution is 2.31. The SMILES string of the molecule is C=C(C)C(=O)OCCc1cc(-c2ccc(-c3ccc(CCC)cc3)cc2CC)ccc1C. The largest absolute Gasteiger partial charge is 0.462 e. The van der Waals surface area contributed by atoms with Crippen molar-refractivity contribution in [3.8, 4) is 22.3 Å². The molecule has 0 aliphatic heterocycles. The number of carbonyl (C=O) groups excluding carboxylic acids is 1. The molecule has 0 radical (unpaired) electrons. The summed E-state index contributed by atoms with van der Waals surface area (Å²) in [6.07, 6.45) is 3.96. The Balaban J connectivity index is 1.84. The zero-order chi connectivity index (χ0) is 23.1. The minimum Gasteiger partial charge on any atom is -0.462 e. The van der Waals surface area contributed by atoms with Crippen LogP contribution in [0.15, 0.2) is 72.8 Å². The van der Waals surface area contributed by atoms with E-state index in [0.29, 0.717) is 18.6 Å². The molecule has 0 amide bonds. The van der Waals surface area contributed by atoms with Crippen molar-refractivity contribution < 1.29 is 9.53 Å². The Morgan fingerprint density at radius 3 is 2.16 bits per heavy atom. The van der Waals surface area contributed by atoms with Gasteiger partial charge in [0.2, 0.25) is 0 Å². The van der Waals surface area contributed by atoms with Crippen molar-refractivity contribution in [3.05, 3.63) is 95.1 Å². The quantitative estimate of drug-likeness (QED) is 0.261. The molecule has 2 nitrogen and oxygen atoms in total. The number of carbonyl (C=O) groups is 1. The zero-order valence-electron chi connectivity index (χ0n) is 19.8. The van der Waals surface area contributed by atoms with Crippen molar-refractivity contribution in [1.29, 1.82) is 0 Å². The van der Waals surface area contributed by atoms with Gasteiger partial charge in [0, 0.05) is 12.0 Å². The fourth-order valence-corrected chi connectivity index (χ4v) is 3.99. The average molecular weight is 427 g/mol. The van der Waals surface area contributed by atoms with E-state index >= 15 is 0 Å². The normalized spacial score (nSPS) is 10.8. The van der Waals surface area contributed by atoms with Crippen LogP contribution in [0.1, 0.15) is 49.4 Å². The molecule has 0 aliphatic carbocycles. The van der Waals surface area contributed by atoms with Gasteiger partial charge in [0.15, 0.2) is 0 Å². The van der Waals surface area contributed by atoms with Crippen LogP contribution < -0.4 is 0 Å². The third-order valence-corrected chi connectivity index (χ3v) is 5.93. The van der Waals surface area contributed by atoms with Crippen LogP contribution in [0.3, 0.4) is 0 Å². The summed E-state index contributed by atoms with van der Waals surface area (Å²) in [7, 11) is 0. The average Bonchev–Trinajstić information content (AvgIpc) is 2.80. The van der Waals surface area contributed by atoms with E-state index in [9.17, 15) is 4.79 Å². The Kier molecular flexibility index (Phi) is 8.05. The van der Waals surface area contributed by atoms with Gasteiger partial charge in [-0.15, -0.1) is 0 Å². The predicted octanol–water partition coefficient (Wildman–Crippen LogP) is 7.51. The van der Waals surface area contributed by atoms with Crippen LogP contribution in [0.2, 0.25) is 0 Å². The first kappa shape index (κ1) is 23.5. The van der Waals surface area contributed by atoms with Crippen LogP contribution in [0.5, 0.6) is 0 Å². The molecule has 0 bridgehead atoms. The highest BCUT2D eigenvalue weighted by atomic mass is 16.5. The molecule has 3 aromatic rings. The molecule has 0 fully saturated rings. The number of hydrogen-bond donors (Lipinski definition) is 0. The number of esters is 1. The third kappa shape index (κ3) is 5.76. The Bertz CT molecular complexity index is 1090.